The van der Waals surface area contributed by atoms with E-state index in [-0.39, 0.29) is 17.7 Å². The minimum absolute atomic E-state index is 0.218. The number of hydrogen-bond donors (Lipinski definition) is 1. The van der Waals surface area contributed by atoms with E-state index in [9.17, 15) is 23.6 Å². The molecule has 0 aliphatic carbocycles. The number of H-pyrrole nitrogens is 1. The Labute approximate surface area is 200 Å². The SMILES string of the molecule is CC1C(=O)N(c2cc(Cc3n[nH]c(=O)c4ccccc34)ccc2F)C(=O)N1CC(=O)OC(C)(C)C. The molecule has 1 saturated heterocycles. The Morgan fingerprint density at radius 2 is 1.80 bits per heavy atom. The largest absolute Gasteiger partial charge is 0.459 e. The molecule has 10 heteroatoms. The summed E-state index contributed by atoms with van der Waals surface area (Å²) >= 11 is 0. The first-order valence-electron chi connectivity index (χ1n) is 11.1. The molecule has 0 bridgehead atoms. The number of aromatic nitrogens is 2. The van der Waals surface area contributed by atoms with E-state index in [1.165, 1.54) is 25.1 Å². The number of urea groups is 1. The zero-order valence-electron chi connectivity index (χ0n) is 19.8. The van der Waals surface area contributed by atoms with Crippen LogP contribution in [0.5, 0.6) is 0 Å². The van der Waals surface area contributed by atoms with Crippen LogP contribution in [0, 0.1) is 5.82 Å². The van der Waals surface area contributed by atoms with Gasteiger partial charge in [-0.3, -0.25) is 14.4 Å². The van der Waals surface area contributed by atoms with Crippen molar-refractivity contribution in [1.29, 1.82) is 0 Å². The quantitative estimate of drug-likeness (QED) is 0.444. The molecule has 2 aromatic carbocycles. The van der Waals surface area contributed by atoms with Gasteiger partial charge in [0, 0.05) is 11.8 Å². The first kappa shape index (κ1) is 24.1. The van der Waals surface area contributed by atoms with E-state index in [1.54, 1.807) is 45.0 Å². The van der Waals surface area contributed by atoms with Gasteiger partial charge in [0.05, 0.1) is 16.8 Å². The number of ether oxygens (including phenoxy) is 1. The van der Waals surface area contributed by atoms with Gasteiger partial charge in [0.1, 0.15) is 24.0 Å². The number of benzene rings is 2. The monoisotopic (exact) mass is 480 g/mol. The average molecular weight is 480 g/mol. The van der Waals surface area contributed by atoms with Gasteiger partial charge in [-0.05, 0) is 51.5 Å². The Kier molecular flexibility index (Phi) is 6.14. The minimum Gasteiger partial charge on any atom is -0.459 e. The van der Waals surface area contributed by atoms with Crippen molar-refractivity contribution in [3.05, 3.63) is 69.9 Å². The van der Waals surface area contributed by atoms with Gasteiger partial charge in [0.25, 0.3) is 11.5 Å². The molecule has 0 radical (unpaired) electrons. The molecule has 2 heterocycles. The predicted molar refractivity (Wildman–Crippen MR) is 126 cm³/mol. The molecular weight excluding hydrogens is 455 g/mol. The zero-order valence-corrected chi connectivity index (χ0v) is 19.8. The number of fused-ring (bicyclic) bond motifs is 1. The highest BCUT2D eigenvalue weighted by atomic mass is 19.1. The van der Waals surface area contributed by atoms with Gasteiger partial charge in [-0.15, -0.1) is 0 Å². The highest BCUT2D eigenvalue weighted by Gasteiger charge is 2.45. The van der Waals surface area contributed by atoms with Gasteiger partial charge < -0.3 is 9.64 Å². The summed E-state index contributed by atoms with van der Waals surface area (Å²) in [6.45, 7) is 6.12. The van der Waals surface area contributed by atoms with Crippen molar-refractivity contribution in [2.75, 3.05) is 11.4 Å². The molecule has 1 aliphatic heterocycles. The van der Waals surface area contributed by atoms with Crippen molar-refractivity contribution in [1.82, 2.24) is 15.1 Å². The van der Waals surface area contributed by atoms with Crippen molar-refractivity contribution in [3.63, 3.8) is 0 Å². The smallest absolute Gasteiger partial charge is 0.332 e. The number of rotatable bonds is 5. The summed E-state index contributed by atoms with van der Waals surface area (Å²) in [5.74, 6) is -2.08. The van der Waals surface area contributed by atoms with E-state index in [4.69, 9.17) is 4.74 Å². The Morgan fingerprint density at radius 1 is 1.11 bits per heavy atom. The standard InChI is InChI=1S/C25H25FN4O5/c1-14-23(33)30(24(34)29(14)13-21(31)35-25(2,3)4)20-12-15(9-10-18(20)26)11-19-16-7-5-6-8-17(16)22(32)28-27-19/h5-10,12,14H,11,13H2,1-4H3,(H,28,32). The van der Waals surface area contributed by atoms with Crippen molar-refractivity contribution in [2.45, 2.75) is 45.8 Å². The minimum atomic E-state index is -0.970. The molecule has 3 aromatic rings. The maximum atomic E-state index is 14.8. The molecule has 0 saturated carbocycles. The third kappa shape index (κ3) is 4.77. The van der Waals surface area contributed by atoms with Gasteiger partial charge >= 0.3 is 12.0 Å². The first-order valence-corrected chi connectivity index (χ1v) is 11.1. The summed E-state index contributed by atoms with van der Waals surface area (Å²) in [4.78, 5) is 52.1. The molecular formula is C25H25FN4O5. The van der Waals surface area contributed by atoms with Gasteiger partial charge in [-0.1, -0.05) is 24.3 Å². The van der Waals surface area contributed by atoms with Gasteiger partial charge in [0.2, 0.25) is 0 Å². The fourth-order valence-corrected chi connectivity index (χ4v) is 3.99. The van der Waals surface area contributed by atoms with Crippen LogP contribution in [0.25, 0.3) is 10.8 Å². The number of aromatic amines is 1. The number of amides is 3. The molecule has 1 fully saturated rings. The molecule has 0 spiro atoms. The van der Waals surface area contributed by atoms with Crippen molar-refractivity contribution in [3.8, 4) is 0 Å². The fraction of sp³-hybridized carbons (Fsp3) is 0.320. The van der Waals surface area contributed by atoms with Crippen LogP contribution in [0.2, 0.25) is 0 Å². The van der Waals surface area contributed by atoms with Gasteiger partial charge in [-0.2, -0.15) is 5.10 Å². The second kappa shape index (κ2) is 8.94. The molecule has 1 N–H and O–H groups in total. The number of halogens is 1. The highest BCUT2D eigenvalue weighted by molar-refractivity contribution is 6.21. The predicted octanol–water partition coefficient (Wildman–Crippen LogP) is 3.15. The Balaban J connectivity index is 1.63. The van der Waals surface area contributed by atoms with Crippen molar-refractivity contribution in [2.24, 2.45) is 0 Å². The number of nitrogens with one attached hydrogen (secondary N) is 1. The third-order valence-electron chi connectivity index (χ3n) is 5.60. The molecule has 1 aliphatic rings. The molecule has 1 aromatic heterocycles. The maximum absolute atomic E-state index is 14.8. The van der Waals surface area contributed by atoms with Crippen molar-refractivity contribution >= 4 is 34.4 Å². The number of anilines is 1. The second-order valence-electron chi connectivity index (χ2n) is 9.35. The molecule has 1 unspecified atom stereocenters. The number of nitrogens with zero attached hydrogens (tertiary/aromatic N) is 3. The molecule has 4 rings (SSSR count). The Bertz CT molecular complexity index is 1390. The lowest BCUT2D eigenvalue weighted by atomic mass is 10.0. The van der Waals surface area contributed by atoms with Crippen LogP contribution in [-0.2, 0) is 20.7 Å². The third-order valence-corrected chi connectivity index (χ3v) is 5.60. The first-order chi connectivity index (χ1) is 16.5. The number of carbonyl (C=O) groups is 3. The van der Waals surface area contributed by atoms with E-state index in [2.05, 4.69) is 10.2 Å². The van der Waals surface area contributed by atoms with E-state index in [0.29, 0.717) is 22.0 Å². The number of hydrogen-bond acceptors (Lipinski definition) is 6. The van der Waals surface area contributed by atoms with Crippen LogP contribution in [0.1, 0.15) is 39.0 Å². The lowest BCUT2D eigenvalue weighted by molar-refractivity contribution is -0.155. The summed E-state index contributed by atoms with van der Waals surface area (Å²) in [5.41, 5.74) is -0.171. The Hall–Kier alpha value is -4.08. The van der Waals surface area contributed by atoms with E-state index >= 15 is 0 Å². The lowest BCUT2D eigenvalue weighted by Crippen LogP contribution is -2.40. The van der Waals surface area contributed by atoms with E-state index < -0.39 is 41.9 Å². The van der Waals surface area contributed by atoms with Crippen LogP contribution in [0.4, 0.5) is 14.9 Å². The Morgan fingerprint density at radius 3 is 2.49 bits per heavy atom. The molecule has 182 valence electrons. The zero-order chi connectivity index (χ0) is 25.5. The molecule has 1 atom stereocenters. The number of esters is 1. The number of imide groups is 1. The number of carbonyl (C=O) groups excluding carboxylic acids is 3. The van der Waals surface area contributed by atoms with E-state index in [1.807, 2.05) is 0 Å². The maximum Gasteiger partial charge on any atom is 0.332 e. The second-order valence-corrected chi connectivity index (χ2v) is 9.35. The summed E-state index contributed by atoms with van der Waals surface area (Å²) in [5, 5.41) is 7.70. The fourth-order valence-electron chi connectivity index (χ4n) is 3.99. The average Bonchev–Trinajstić information content (AvgIpc) is 2.99. The van der Waals surface area contributed by atoms with Gasteiger partial charge in [0.15, 0.2) is 0 Å². The highest BCUT2D eigenvalue weighted by Crippen LogP contribution is 2.29. The van der Waals surface area contributed by atoms with Gasteiger partial charge in [-0.25, -0.2) is 19.2 Å². The van der Waals surface area contributed by atoms with Crippen molar-refractivity contribution < 1.29 is 23.5 Å². The normalized spacial score (nSPS) is 16.3. The summed E-state index contributed by atoms with van der Waals surface area (Å²) < 4.78 is 20.1. The van der Waals surface area contributed by atoms with E-state index in [0.717, 1.165) is 9.80 Å². The van der Waals surface area contributed by atoms with Crippen LogP contribution in [-0.4, -0.2) is 51.2 Å². The van der Waals surface area contributed by atoms with Crippen LogP contribution in [0.15, 0.2) is 47.3 Å². The molecule has 9 nitrogen and oxygen atoms in total. The molecule has 3 amide bonds. The van der Waals surface area contributed by atoms with Crippen LogP contribution >= 0.6 is 0 Å². The summed E-state index contributed by atoms with van der Waals surface area (Å²) in [7, 11) is 0. The summed E-state index contributed by atoms with van der Waals surface area (Å²) in [6, 6.07) is 9.28. The van der Waals surface area contributed by atoms with Crippen LogP contribution < -0.4 is 10.5 Å². The van der Waals surface area contributed by atoms with Crippen LogP contribution in [0.3, 0.4) is 0 Å². The topological polar surface area (TPSA) is 113 Å². The summed E-state index contributed by atoms with van der Waals surface area (Å²) in [6.07, 6.45) is 0.220. The molecule has 35 heavy (non-hydrogen) atoms. The lowest BCUT2D eigenvalue weighted by Gasteiger charge is -2.23.